The quantitative estimate of drug-likeness (QED) is 0.699. The van der Waals surface area contributed by atoms with Crippen molar-refractivity contribution < 1.29 is 14.3 Å². The van der Waals surface area contributed by atoms with Gasteiger partial charge >= 0.3 is 0 Å². The molecule has 0 aromatic heterocycles. The van der Waals surface area contributed by atoms with E-state index in [1.165, 1.54) is 0 Å². The zero-order valence-electron chi connectivity index (χ0n) is 14.7. The van der Waals surface area contributed by atoms with Crippen LogP contribution in [0.5, 0.6) is 11.5 Å². The molecule has 2 aromatic carbocycles. The number of ether oxygens (including phenoxy) is 2. The van der Waals surface area contributed by atoms with E-state index in [0.29, 0.717) is 23.1 Å². The summed E-state index contributed by atoms with van der Waals surface area (Å²) in [6.45, 7) is 0.605. The second-order valence-electron chi connectivity index (χ2n) is 5.59. The number of likely N-dealkylation sites (N-methyl/N-ethyl adjacent to an activating group) is 1. The summed E-state index contributed by atoms with van der Waals surface area (Å²) in [5.74, 6) is 1.33. The van der Waals surface area contributed by atoms with Gasteiger partial charge in [0.25, 0.3) is 0 Å². The molecule has 4 nitrogen and oxygen atoms in total. The van der Waals surface area contributed by atoms with E-state index in [-0.39, 0.29) is 5.91 Å². The zero-order chi connectivity index (χ0) is 18.2. The Bertz CT molecular complexity index is 758. The number of methoxy groups -OCH3 is 2. The van der Waals surface area contributed by atoms with Crippen molar-refractivity contribution in [1.82, 2.24) is 4.90 Å². The average Bonchev–Trinajstić information content (AvgIpc) is 2.63. The highest BCUT2D eigenvalue weighted by atomic mass is 35.5. The fourth-order valence-corrected chi connectivity index (χ4v) is 2.55. The van der Waals surface area contributed by atoms with Crippen LogP contribution < -0.4 is 9.47 Å². The highest BCUT2D eigenvalue weighted by molar-refractivity contribution is 6.30. The van der Waals surface area contributed by atoms with Gasteiger partial charge in [0.15, 0.2) is 11.5 Å². The molecule has 0 bridgehead atoms. The number of amides is 1. The van der Waals surface area contributed by atoms with Crippen LogP contribution in [0.25, 0.3) is 6.08 Å². The van der Waals surface area contributed by atoms with Gasteiger partial charge in [-0.1, -0.05) is 29.8 Å². The fraction of sp³-hybridized carbons (Fsp3) is 0.250. The van der Waals surface area contributed by atoms with Crippen molar-refractivity contribution in [2.24, 2.45) is 0 Å². The number of nitrogens with zero attached hydrogens (tertiary/aromatic N) is 1. The SMILES string of the molecule is COc1ccc(CCN(C)C(=O)/C=C/c2cccc(Cl)c2)cc1OC. The first-order chi connectivity index (χ1) is 12.0. The van der Waals surface area contributed by atoms with E-state index in [1.807, 2.05) is 36.4 Å². The van der Waals surface area contributed by atoms with Crippen molar-refractivity contribution in [3.63, 3.8) is 0 Å². The lowest BCUT2D eigenvalue weighted by Crippen LogP contribution is -2.27. The van der Waals surface area contributed by atoms with E-state index in [4.69, 9.17) is 21.1 Å². The first-order valence-corrected chi connectivity index (χ1v) is 8.31. The molecule has 0 spiro atoms. The summed E-state index contributed by atoms with van der Waals surface area (Å²) < 4.78 is 10.5. The van der Waals surface area contributed by atoms with E-state index in [9.17, 15) is 4.79 Å². The van der Waals surface area contributed by atoms with Crippen LogP contribution in [0, 0.1) is 0 Å². The van der Waals surface area contributed by atoms with Crippen molar-refractivity contribution in [3.8, 4) is 11.5 Å². The molecule has 0 N–H and O–H groups in total. The fourth-order valence-electron chi connectivity index (χ4n) is 2.35. The molecule has 0 aliphatic carbocycles. The van der Waals surface area contributed by atoms with Gasteiger partial charge in [-0.05, 0) is 47.9 Å². The Balaban J connectivity index is 1.93. The van der Waals surface area contributed by atoms with Crippen molar-refractivity contribution in [1.29, 1.82) is 0 Å². The Morgan fingerprint density at radius 2 is 1.88 bits per heavy atom. The Kier molecular flexibility index (Phi) is 6.90. The largest absolute Gasteiger partial charge is 0.493 e. The van der Waals surface area contributed by atoms with Crippen LogP contribution in [-0.2, 0) is 11.2 Å². The van der Waals surface area contributed by atoms with Gasteiger partial charge < -0.3 is 14.4 Å². The molecule has 0 fully saturated rings. The molecule has 0 aliphatic heterocycles. The predicted octanol–water partition coefficient (Wildman–Crippen LogP) is 4.07. The summed E-state index contributed by atoms with van der Waals surface area (Å²) in [5.41, 5.74) is 1.98. The monoisotopic (exact) mass is 359 g/mol. The molecule has 1 amide bonds. The molecule has 0 atom stereocenters. The van der Waals surface area contributed by atoms with E-state index in [2.05, 4.69) is 0 Å². The molecule has 0 heterocycles. The molecule has 0 saturated carbocycles. The van der Waals surface area contributed by atoms with Crippen molar-refractivity contribution >= 4 is 23.6 Å². The van der Waals surface area contributed by atoms with Gasteiger partial charge in [-0.25, -0.2) is 0 Å². The second kappa shape index (κ2) is 9.14. The zero-order valence-corrected chi connectivity index (χ0v) is 15.4. The summed E-state index contributed by atoms with van der Waals surface area (Å²) in [6.07, 6.45) is 4.05. The Morgan fingerprint density at radius 1 is 1.12 bits per heavy atom. The average molecular weight is 360 g/mol. The lowest BCUT2D eigenvalue weighted by atomic mass is 10.1. The Hall–Kier alpha value is -2.46. The third kappa shape index (κ3) is 5.54. The van der Waals surface area contributed by atoms with Crippen LogP contribution in [0.2, 0.25) is 5.02 Å². The molecule has 132 valence electrons. The summed E-state index contributed by atoms with van der Waals surface area (Å²) in [5, 5.41) is 0.649. The van der Waals surface area contributed by atoms with Crippen LogP contribution in [0.3, 0.4) is 0 Å². The van der Waals surface area contributed by atoms with Crippen LogP contribution >= 0.6 is 11.6 Å². The molecule has 0 saturated heterocycles. The standard InChI is InChI=1S/C20H22ClNO3/c1-22(20(23)10-8-15-5-4-6-17(21)13-15)12-11-16-7-9-18(24-2)19(14-16)25-3/h4-10,13-14H,11-12H2,1-3H3/b10-8+. The first kappa shape index (κ1) is 18.9. The van der Waals surface area contributed by atoms with Gasteiger partial charge in [-0.2, -0.15) is 0 Å². The maximum absolute atomic E-state index is 12.2. The molecular formula is C20H22ClNO3. The molecule has 5 heteroatoms. The maximum Gasteiger partial charge on any atom is 0.246 e. The molecule has 0 aliphatic rings. The van der Waals surface area contributed by atoms with Gasteiger partial charge in [0, 0.05) is 24.7 Å². The van der Waals surface area contributed by atoms with Gasteiger partial charge in [-0.15, -0.1) is 0 Å². The van der Waals surface area contributed by atoms with Gasteiger partial charge in [0.2, 0.25) is 5.91 Å². The molecular weight excluding hydrogens is 338 g/mol. The van der Waals surface area contributed by atoms with Crippen LogP contribution in [0.15, 0.2) is 48.5 Å². The normalized spacial score (nSPS) is 10.7. The van der Waals surface area contributed by atoms with Gasteiger partial charge in [0.05, 0.1) is 14.2 Å². The maximum atomic E-state index is 12.2. The van der Waals surface area contributed by atoms with Crippen LogP contribution in [0.4, 0.5) is 0 Å². The number of hydrogen-bond donors (Lipinski definition) is 0. The topological polar surface area (TPSA) is 38.8 Å². The lowest BCUT2D eigenvalue weighted by molar-refractivity contribution is -0.124. The van der Waals surface area contributed by atoms with E-state index in [0.717, 1.165) is 17.5 Å². The third-order valence-corrected chi connectivity index (χ3v) is 4.06. The molecule has 0 unspecified atom stereocenters. The number of carbonyl (C=O) groups is 1. The highest BCUT2D eigenvalue weighted by Gasteiger charge is 2.08. The van der Waals surface area contributed by atoms with Gasteiger partial charge in [-0.3, -0.25) is 4.79 Å². The summed E-state index contributed by atoms with van der Waals surface area (Å²) >= 11 is 5.94. The van der Waals surface area contributed by atoms with Crippen molar-refractivity contribution in [2.75, 3.05) is 27.8 Å². The minimum Gasteiger partial charge on any atom is -0.493 e. The molecule has 0 radical (unpaired) electrons. The Labute approximate surface area is 153 Å². The summed E-state index contributed by atoms with van der Waals surface area (Å²) in [7, 11) is 5.00. The lowest BCUT2D eigenvalue weighted by Gasteiger charge is -2.16. The smallest absolute Gasteiger partial charge is 0.246 e. The molecule has 25 heavy (non-hydrogen) atoms. The number of hydrogen-bond acceptors (Lipinski definition) is 3. The third-order valence-electron chi connectivity index (χ3n) is 3.83. The van der Waals surface area contributed by atoms with E-state index in [1.54, 1.807) is 44.4 Å². The van der Waals surface area contributed by atoms with Gasteiger partial charge in [0.1, 0.15) is 0 Å². The predicted molar refractivity (Wildman–Crippen MR) is 101 cm³/mol. The number of carbonyl (C=O) groups excluding carboxylic acids is 1. The minimum atomic E-state index is -0.0551. The van der Waals surface area contributed by atoms with Crippen LogP contribution in [-0.4, -0.2) is 38.6 Å². The Morgan fingerprint density at radius 3 is 2.56 bits per heavy atom. The number of rotatable bonds is 7. The second-order valence-corrected chi connectivity index (χ2v) is 6.02. The minimum absolute atomic E-state index is 0.0551. The van der Waals surface area contributed by atoms with Crippen molar-refractivity contribution in [2.45, 2.75) is 6.42 Å². The summed E-state index contributed by atoms with van der Waals surface area (Å²) in [6, 6.07) is 13.1. The molecule has 2 aromatic rings. The van der Waals surface area contributed by atoms with Crippen LogP contribution in [0.1, 0.15) is 11.1 Å². The first-order valence-electron chi connectivity index (χ1n) is 7.93. The number of halogens is 1. The van der Waals surface area contributed by atoms with E-state index < -0.39 is 0 Å². The summed E-state index contributed by atoms with van der Waals surface area (Å²) in [4.78, 5) is 13.9. The van der Waals surface area contributed by atoms with E-state index >= 15 is 0 Å². The number of benzene rings is 2. The highest BCUT2D eigenvalue weighted by Crippen LogP contribution is 2.27. The van der Waals surface area contributed by atoms with Crippen molar-refractivity contribution in [3.05, 3.63) is 64.7 Å². The molecule has 2 rings (SSSR count).